The van der Waals surface area contributed by atoms with Crippen molar-refractivity contribution in [2.75, 3.05) is 0 Å². The number of hydrogen-bond donors (Lipinski definition) is 1. The van der Waals surface area contributed by atoms with Crippen LogP contribution in [0, 0.1) is 6.92 Å². The zero-order valence-electron chi connectivity index (χ0n) is 14.4. The van der Waals surface area contributed by atoms with Crippen LogP contribution in [0.2, 0.25) is 0 Å². The molecule has 0 bridgehead atoms. The molecule has 0 unspecified atom stereocenters. The highest BCUT2D eigenvalue weighted by molar-refractivity contribution is 5.78. The van der Waals surface area contributed by atoms with Crippen LogP contribution in [-0.4, -0.2) is 5.11 Å². The summed E-state index contributed by atoms with van der Waals surface area (Å²) in [5.41, 5.74) is 5.45. The van der Waals surface area contributed by atoms with E-state index in [-0.39, 0.29) is 11.2 Å². The van der Waals surface area contributed by atoms with Crippen LogP contribution in [0.5, 0.6) is 5.75 Å². The Labute approximate surface area is 151 Å². The second-order valence-corrected chi connectivity index (χ2v) is 6.47. The van der Waals surface area contributed by atoms with E-state index in [0.717, 1.165) is 16.7 Å². The minimum Gasteiger partial charge on any atom is -0.508 e. The lowest BCUT2D eigenvalue weighted by Gasteiger charge is -2.10. The van der Waals surface area contributed by atoms with Gasteiger partial charge in [-0.25, -0.2) is 0 Å². The average molecular weight is 342 g/mol. The van der Waals surface area contributed by atoms with Crippen molar-refractivity contribution in [3.8, 4) is 16.9 Å². The molecule has 128 valence electrons. The SMILES string of the molecule is Cc1ccc(-c2ccccc2Cc2coc3cc(O)ccc3c2=O)cc1. The number of phenolic OH excluding ortho intramolecular Hbond substituents is 1. The number of phenols is 1. The van der Waals surface area contributed by atoms with Crippen molar-refractivity contribution in [2.24, 2.45) is 0 Å². The molecule has 0 aliphatic rings. The van der Waals surface area contributed by atoms with Crippen LogP contribution in [-0.2, 0) is 6.42 Å². The largest absolute Gasteiger partial charge is 0.508 e. The highest BCUT2D eigenvalue weighted by Crippen LogP contribution is 2.26. The first kappa shape index (κ1) is 16.2. The molecule has 3 nitrogen and oxygen atoms in total. The molecule has 0 saturated heterocycles. The van der Waals surface area contributed by atoms with Crippen molar-refractivity contribution in [1.29, 1.82) is 0 Å². The number of rotatable bonds is 3. The standard InChI is InChI=1S/C23H18O3/c1-15-6-8-16(9-7-15)20-5-3-2-4-17(20)12-18-14-26-22-13-19(24)10-11-21(22)23(18)25/h2-11,13-14,24H,12H2,1H3. The average Bonchev–Trinajstić information content (AvgIpc) is 2.65. The van der Waals surface area contributed by atoms with Crippen LogP contribution in [0.25, 0.3) is 22.1 Å². The summed E-state index contributed by atoms with van der Waals surface area (Å²) in [6.45, 7) is 2.06. The smallest absolute Gasteiger partial charge is 0.196 e. The molecule has 0 amide bonds. The molecule has 0 aliphatic heterocycles. The maximum atomic E-state index is 12.8. The van der Waals surface area contributed by atoms with E-state index in [1.807, 2.05) is 18.2 Å². The van der Waals surface area contributed by atoms with E-state index in [9.17, 15) is 9.90 Å². The number of aromatic hydroxyl groups is 1. The highest BCUT2D eigenvalue weighted by atomic mass is 16.3. The van der Waals surface area contributed by atoms with E-state index < -0.39 is 0 Å². The van der Waals surface area contributed by atoms with Crippen LogP contribution in [0.15, 0.2) is 82.2 Å². The number of hydrogen-bond acceptors (Lipinski definition) is 3. The molecule has 0 aliphatic carbocycles. The Morgan fingerprint density at radius 3 is 2.50 bits per heavy atom. The first-order chi connectivity index (χ1) is 12.6. The van der Waals surface area contributed by atoms with E-state index in [1.165, 1.54) is 24.0 Å². The zero-order chi connectivity index (χ0) is 18.1. The monoisotopic (exact) mass is 342 g/mol. The van der Waals surface area contributed by atoms with Crippen molar-refractivity contribution in [3.63, 3.8) is 0 Å². The quantitative estimate of drug-likeness (QED) is 0.566. The molecular weight excluding hydrogens is 324 g/mol. The highest BCUT2D eigenvalue weighted by Gasteiger charge is 2.11. The lowest BCUT2D eigenvalue weighted by molar-refractivity contribution is 0.474. The second-order valence-electron chi connectivity index (χ2n) is 6.47. The van der Waals surface area contributed by atoms with Crippen LogP contribution in [0.1, 0.15) is 16.7 Å². The Morgan fingerprint density at radius 2 is 1.69 bits per heavy atom. The molecule has 1 aromatic heterocycles. The summed E-state index contributed by atoms with van der Waals surface area (Å²) >= 11 is 0. The summed E-state index contributed by atoms with van der Waals surface area (Å²) < 4.78 is 5.58. The molecule has 3 aromatic carbocycles. The first-order valence-corrected chi connectivity index (χ1v) is 8.50. The van der Waals surface area contributed by atoms with Gasteiger partial charge in [-0.1, -0.05) is 54.1 Å². The fourth-order valence-electron chi connectivity index (χ4n) is 3.17. The summed E-state index contributed by atoms with van der Waals surface area (Å²) in [6.07, 6.45) is 1.99. The fraction of sp³-hybridized carbons (Fsp3) is 0.0870. The summed E-state index contributed by atoms with van der Waals surface area (Å²) in [4.78, 5) is 12.8. The zero-order valence-corrected chi connectivity index (χ0v) is 14.4. The van der Waals surface area contributed by atoms with Gasteiger partial charge < -0.3 is 9.52 Å². The van der Waals surface area contributed by atoms with Gasteiger partial charge in [-0.3, -0.25) is 4.79 Å². The molecule has 0 radical (unpaired) electrons. The summed E-state index contributed by atoms with van der Waals surface area (Å²) in [5, 5.41) is 10.0. The summed E-state index contributed by atoms with van der Waals surface area (Å²) in [7, 11) is 0. The third-order valence-electron chi connectivity index (χ3n) is 4.59. The van der Waals surface area contributed by atoms with E-state index in [0.29, 0.717) is 23.0 Å². The van der Waals surface area contributed by atoms with Gasteiger partial charge in [0.1, 0.15) is 11.3 Å². The molecule has 4 rings (SSSR count). The topological polar surface area (TPSA) is 50.4 Å². The van der Waals surface area contributed by atoms with Gasteiger partial charge in [0, 0.05) is 18.1 Å². The minimum absolute atomic E-state index is 0.0649. The van der Waals surface area contributed by atoms with Gasteiger partial charge in [0.25, 0.3) is 0 Å². The van der Waals surface area contributed by atoms with Gasteiger partial charge in [0.15, 0.2) is 5.43 Å². The molecule has 1 heterocycles. The van der Waals surface area contributed by atoms with Gasteiger partial charge in [-0.05, 0) is 35.7 Å². The van der Waals surface area contributed by atoms with Crippen LogP contribution >= 0.6 is 0 Å². The van der Waals surface area contributed by atoms with Crippen LogP contribution in [0.4, 0.5) is 0 Å². The molecule has 1 N–H and O–H groups in total. The third-order valence-corrected chi connectivity index (χ3v) is 4.59. The van der Waals surface area contributed by atoms with Crippen molar-refractivity contribution in [2.45, 2.75) is 13.3 Å². The van der Waals surface area contributed by atoms with Gasteiger partial charge >= 0.3 is 0 Å². The first-order valence-electron chi connectivity index (χ1n) is 8.50. The lowest BCUT2D eigenvalue weighted by atomic mass is 9.94. The van der Waals surface area contributed by atoms with Gasteiger partial charge in [0.05, 0.1) is 11.6 Å². The van der Waals surface area contributed by atoms with E-state index in [2.05, 4.69) is 37.3 Å². The predicted molar refractivity (Wildman–Crippen MR) is 104 cm³/mol. The molecule has 0 saturated carbocycles. The second kappa shape index (κ2) is 6.52. The number of benzene rings is 3. The van der Waals surface area contributed by atoms with Gasteiger partial charge in [-0.2, -0.15) is 0 Å². The number of aryl methyl sites for hydroxylation is 1. The lowest BCUT2D eigenvalue weighted by Crippen LogP contribution is -2.09. The number of fused-ring (bicyclic) bond motifs is 1. The van der Waals surface area contributed by atoms with Crippen molar-refractivity contribution < 1.29 is 9.52 Å². The Hall–Kier alpha value is -3.33. The normalized spacial score (nSPS) is 11.0. The van der Waals surface area contributed by atoms with E-state index in [1.54, 1.807) is 6.07 Å². The Bertz CT molecular complexity index is 1140. The Morgan fingerprint density at radius 1 is 0.923 bits per heavy atom. The molecular formula is C23H18O3. The van der Waals surface area contributed by atoms with Crippen molar-refractivity contribution >= 4 is 11.0 Å². The molecule has 0 atom stereocenters. The fourth-order valence-corrected chi connectivity index (χ4v) is 3.17. The van der Waals surface area contributed by atoms with Gasteiger partial charge in [-0.15, -0.1) is 0 Å². The summed E-state index contributed by atoms with van der Waals surface area (Å²) in [5.74, 6) is 0.0816. The van der Waals surface area contributed by atoms with Crippen LogP contribution < -0.4 is 5.43 Å². The molecule has 4 aromatic rings. The van der Waals surface area contributed by atoms with Gasteiger partial charge in [0.2, 0.25) is 0 Å². The van der Waals surface area contributed by atoms with E-state index in [4.69, 9.17) is 4.42 Å². The van der Waals surface area contributed by atoms with Crippen molar-refractivity contribution in [3.05, 3.63) is 99.9 Å². The van der Waals surface area contributed by atoms with Crippen molar-refractivity contribution in [1.82, 2.24) is 0 Å². The molecule has 3 heteroatoms. The maximum absolute atomic E-state index is 12.8. The van der Waals surface area contributed by atoms with E-state index >= 15 is 0 Å². The summed E-state index contributed by atoms with van der Waals surface area (Å²) in [6, 6.07) is 21.0. The van der Waals surface area contributed by atoms with Crippen LogP contribution in [0.3, 0.4) is 0 Å². The third kappa shape index (κ3) is 3.00. The molecule has 26 heavy (non-hydrogen) atoms. The molecule has 0 fully saturated rings. The Kier molecular flexibility index (Phi) is 4.05. The Balaban J connectivity index is 1.78. The predicted octanol–water partition coefficient (Wildman–Crippen LogP) is 5.06. The minimum atomic E-state index is -0.0649. The maximum Gasteiger partial charge on any atom is 0.196 e. The molecule has 0 spiro atoms.